The molecule has 4 aromatic rings. The lowest BCUT2D eigenvalue weighted by Gasteiger charge is -2.15. The summed E-state index contributed by atoms with van der Waals surface area (Å²) in [5.41, 5.74) is 13.3. The minimum absolute atomic E-state index is 0.0557. The zero-order valence-corrected chi connectivity index (χ0v) is 26.2. The van der Waals surface area contributed by atoms with Crippen LogP contribution >= 0.6 is 34.8 Å². The second kappa shape index (κ2) is 13.7. The van der Waals surface area contributed by atoms with Crippen molar-refractivity contribution in [1.82, 2.24) is 9.97 Å². The predicted molar refractivity (Wildman–Crippen MR) is 162 cm³/mol. The molecule has 236 valence electrons. The Hall–Kier alpha value is -3.49. The van der Waals surface area contributed by atoms with E-state index in [4.69, 9.17) is 68.5 Å². The number of aromatic nitrogens is 2. The van der Waals surface area contributed by atoms with E-state index in [-0.39, 0.29) is 39.7 Å². The van der Waals surface area contributed by atoms with Crippen molar-refractivity contribution in [3.63, 3.8) is 0 Å². The molecule has 0 bridgehead atoms. The van der Waals surface area contributed by atoms with Crippen molar-refractivity contribution in [1.29, 1.82) is 0 Å². The third-order valence-electron chi connectivity index (χ3n) is 5.20. The van der Waals surface area contributed by atoms with Crippen LogP contribution in [0, 0.1) is 0 Å². The van der Waals surface area contributed by atoms with E-state index in [1.165, 1.54) is 18.2 Å². The first-order chi connectivity index (χ1) is 20.2. The van der Waals surface area contributed by atoms with Crippen LogP contribution in [-0.4, -0.2) is 44.3 Å². The van der Waals surface area contributed by atoms with Crippen LogP contribution in [0.15, 0.2) is 70.5 Å². The molecule has 14 nitrogen and oxygen atoms in total. The first-order valence-corrected chi connectivity index (χ1v) is 16.7. The number of nitrogens with two attached hydrogens (primary N) is 2. The normalized spacial score (nSPS) is 11.8. The van der Waals surface area contributed by atoms with Gasteiger partial charge in [0.2, 0.25) is 5.95 Å². The number of nitrogen functional groups attached to an aromatic ring is 2. The van der Waals surface area contributed by atoms with Gasteiger partial charge in [-0.15, -0.1) is 3.89 Å². The first-order valence-electron chi connectivity index (χ1n) is 11.3. The Morgan fingerprint density at radius 1 is 0.795 bits per heavy atom. The van der Waals surface area contributed by atoms with Crippen molar-refractivity contribution in [3.8, 4) is 16.9 Å². The molecule has 0 unspecified atom stereocenters. The molecule has 44 heavy (non-hydrogen) atoms. The van der Waals surface area contributed by atoms with Crippen LogP contribution in [0.5, 0.6) is 5.75 Å². The fraction of sp³-hybridized carbons (Fsp3) is 0.0435. The highest BCUT2D eigenvalue weighted by atomic mass is 35.5. The first kappa shape index (κ1) is 35.0. The number of nitrogens with zero attached hydrogens (tertiary/aromatic N) is 2. The van der Waals surface area contributed by atoms with Crippen molar-refractivity contribution in [2.75, 3.05) is 16.2 Å². The maximum Gasteiger partial charge on any atom is 0.394 e. The van der Waals surface area contributed by atoms with Gasteiger partial charge in [0, 0.05) is 5.56 Å². The molecule has 0 aliphatic rings. The molecule has 1 aromatic heterocycles. The van der Waals surface area contributed by atoms with Gasteiger partial charge in [-0.1, -0.05) is 40.9 Å². The van der Waals surface area contributed by atoms with E-state index in [0.29, 0.717) is 26.9 Å². The molecule has 0 fully saturated rings. The number of nitrogens with one attached hydrogen (secondary N) is 1. The molecule has 1 heterocycles. The summed E-state index contributed by atoms with van der Waals surface area (Å²) in [6, 6.07) is 12.6. The van der Waals surface area contributed by atoms with E-state index in [9.17, 15) is 20.7 Å². The molecule has 7 N–H and O–H groups in total. The van der Waals surface area contributed by atoms with Gasteiger partial charge in [0.1, 0.15) is 18.2 Å². The molecule has 0 radical (unpaired) electrons. The topological polar surface area (TPSA) is 242 Å². The van der Waals surface area contributed by atoms with Gasteiger partial charge in [0.25, 0.3) is 10.0 Å². The lowest BCUT2D eigenvalue weighted by Crippen LogP contribution is -2.13. The van der Waals surface area contributed by atoms with Crippen molar-refractivity contribution in [3.05, 3.63) is 81.4 Å². The highest BCUT2D eigenvalue weighted by molar-refractivity contribution is 7.92. The van der Waals surface area contributed by atoms with E-state index in [2.05, 4.69) is 14.7 Å². The SMILES string of the molecule is Nc1nc(N)c(-c2ccc(Cl)c(Cl)c2)c(COc2ccc(NS(=O)(=O)c3ccc(S(=O)(=O)F)cc3)cc2Cl)n1.O=S(=O)(O)O. The second-order valence-corrected chi connectivity index (χ2v) is 13.5. The standard InChI is InChI=1S/C23H17Cl3FN5O5S2.H2O4S/c24-16-7-1-12(9-17(16)25)21-19(30-23(29)31-22(21)28)11-37-20-8-2-13(10-18(20)26)32-39(35,36)15-5-3-14(4-6-15)38(27,33)34;1-5(2,3)4/h1-10,32H,11H2,(H4,28,29,30,31);(H2,1,2,3,4). The smallest absolute Gasteiger partial charge is 0.394 e. The number of rotatable bonds is 8. The molecule has 0 spiro atoms. The number of benzene rings is 3. The molecule has 21 heteroatoms. The summed E-state index contributed by atoms with van der Waals surface area (Å²) < 4.78 is 100. The van der Waals surface area contributed by atoms with E-state index in [0.717, 1.165) is 24.3 Å². The van der Waals surface area contributed by atoms with Gasteiger partial charge >= 0.3 is 20.6 Å². The van der Waals surface area contributed by atoms with Gasteiger partial charge in [-0.3, -0.25) is 13.8 Å². The fourth-order valence-corrected chi connectivity index (χ4v) is 5.48. The minimum atomic E-state index is -4.97. The summed E-state index contributed by atoms with van der Waals surface area (Å²) in [5, 5.41) is 0.697. The van der Waals surface area contributed by atoms with Crippen LogP contribution < -0.4 is 20.9 Å². The van der Waals surface area contributed by atoms with Crippen LogP contribution in [-0.2, 0) is 37.3 Å². The van der Waals surface area contributed by atoms with Gasteiger partial charge in [0.15, 0.2) is 0 Å². The van der Waals surface area contributed by atoms with Crippen molar-refractivity contribution >= 4 is 82.9 Å². The summed E-state index contributed by atoms with van der Waals surface area (Å²) in [4.78, 5) is 7.26. The minimum Gasteiger partial charge on any atom is -0.486 e. The van der Waals surface area contributed by atoms with Crippen LogP contribution in [0.1, 0.15) is 5.69 Å². The van der Waals surface area contributed by atoms with Gasteiger partial charge in [0.05, 0.1) is 36.2 Å². The summed E-state index contributed by atoms with van der Waals surface area (Å²) >= 11 is 18.5. The number of hydrogen-bond donors (Lipinski definition) is 5. The van der Waals surface area contributed by atoms with Gasteiger partial charge < -0.3 is 16.2 Å². The lowest BCUT2D eigenvalue weighted by atomic mass is 10.0. The van der Waals surface area contributed by atoms with E-state index in [1.54, 1.807) is 18.2 Å². The Labute approximate surface area is 265 Å². The van der Waals surface area contributed by atoms with Crippen LogP contribution in [0.2, 0.25) is 15.1 Å². The van der Waals surface area contributed by atoms with Crippen molar-refractivity contribution < 1.29 is 43.0 Å². The largest absolute Gasteiger partial charge is 0.486 e. The Kier molecular flexibility index (Phi) is 10.9. The van der Waals surface area contributed by atoms with E-state index < -0.39 is 35.5 Å². The van der Waals surface area contributed by atoms with Crippen molar-refractivity contribution in [2.45, 2.75) is 16.4 Å². The Balaban J connectivity index is 0.000000978. The highest BCUT2D eigenvalue weighted by Gasteiger charge is 2.19. The number of halogens is 4. The average molecular weight is 731 g/mol. The summed E-state index contributed by atoms with van der Waals surface area (Å²) in [5.74, 6) is 0.198. The van der Waals surface area contributed by atoms with Crippen molar-refractivity contribution in [2.24, 2.45) is 0 Å². The zero-order chi connectivity index (χ0) is 33.0. The summed E-state index contributed by atoms with van der Waals surface area (Å²) in [6.07, 6.45) is 0. The monoisotopic (exact) mass is 729 g/mol. The Morgan fingerprint density at radius 2 is 1.39 bits per heavy atom. The van der Waals surface area contributed by atoms with E-state index >= 15 is 0 Å². The highest BCUT2D eigenvalue weighted by Crippen LogP contribution is 2.35. The number of ether oxygens (including phenoxy) is 1. The molecule has 0 aliphatic carbocycles. The third kappa shape index (κ3) is 9.76. The van der Waals surface area contributed by atoms with Crippen LogP contribution in [0.3, 0.4) is 0 Å². The Bertz CT molecular complexity index is 2030. The molecular formula is C23H19Cl3FN5O9S3. The number of hydrogen-bond acceptors (Lipinski definition) is 11. The molecule has 0 atom stereocenters. The second-order valence-electron chi connectivity index (χ2n) is 8.31. The Morgan fingerprint density at radius 3 is 1.93 bits per heavy atom. The molecule has 4 rings (SSSR count). The number of anilines is 3. The van der Waals surface area contributed by atoms with Gasteiger partial charge in [-0.2, -0.15) is 21.8 Å². The average Bonchev–Trinajstić information content (AvgIpc) is 2.88. The van der Waals surface area contributed by atoms with Gasteiger partial charge in [-0.05, 0) is 60.2 Å². The van der Waals surface area contributed by atoms with Gasteiger partial charge in [-0.25, -0.2) is 13.4 Å². The summed E-state index contributed by atoms with van der Waals surface area (Å²) in [7, 11) is -13.8. The van der Waals surface area contributed by atoms with E-state index in [1.807, 2.05) is 0 Å². The molecule has 3 aromatic carbocycles. The summed E-state index contributed by atoms with van der Waals surface area (Å²) in [6.45, 7) is -0.138. The van der Waals surface area contributed by atoms with Crippen LogP contribution in [0.4, 0.5) is 21.3 Å². The quantitative estimate of drug-likeness (QED) is 0.123. The maximum atomic E-state index is 13.1. The van der Waals surface area contributed by atoms with Crippen LogP contribution in [0.25, 0.3) is 11.1 Å². The fourth-order valence-electron chi connectivity index (χ4n) is 3.44. The number of sulfonamides is 1. The predicted octanol–water partition coefficient (Wildman–Crippen LogP) is 4.65. The molecule has 0 saturated heterocycles. The molecule has 0 amide bonds. The molecule has 0 aliphatic heterocycles. The molecular weight excluding hydrogens is 712 g/mol. The third-order valence-corrected chi connectivity index (χ3v) is 8.47. The molecule has 0 saturated carbocycles. The zero-order valence-electron chi connectivity index (χ0n) is 21.5. The lowest BCUT2D eigenvalue weighted by molar-refractivity contribution is 0.302. The maximum absolute atomic E-state index is 13.1.